The van der Waals surface area contributed by atoms with Crippen LogP contribution in [0.15, 0.2) is 53.1 Å². The molecule has 7 nitrogen and oxygen atoms in total. The number of benzene rings is 1. The van der Waals surface area contributed by atoms with Crippen LogP contribution in [0.2, 0.25) is 0 Å². The number of nitrogens with one attached hydrogen (secondary N) is 2. The Bertz CT molecular complexity index is 871. The number of ketones is 1. The summed E-state index contributed by atoms with van der Waals surface area (Å²) >= 11 is 1.46. The number of carbonyl (C=O) groups is 3. The molecule has 1 aromatic carbocycles. The van der Waals surface area contributed by atoms with Crippen molar-refractivity contribution in [3.8, 4) is 5.75 Å². The van der Waals surface area contributed by atoms with E-state index in [4.69, 9.17) is 9.15 Å². The second kappa shape index (κ2) is 15.2. The van der Waals surface area contributed by atoms with Crippen LogP contribution in [-0.4, -0.2) is 42.0 Å². The van der Waals surface area contributed by atoms with E-state index in [9.17, 15) is 14.4 Å². The quantitative estimate of drug-likeness (QED) is 0.364. The van der Waals surface area contributed by atoms with E-state index >= 15 is 0 Å². The minimum absolute atomic E-state index is 0.0274. The van der Waals surface area contributed by atoms with Gasteiger partial charge in [-0.2, -0.15) is 0 Å². The number of rotatable bonds is 16. The van der Waals surface area contributed by atoms with Gasteiger partial charge in [-0.3, -0.25) is 14.4 Å². The first-order valence-electron chi connectivity index (χ1n) is 11.8. The number of thioether (sulfide) groups is 1. The molecule has 2 N–H and O–H groups in total. The zero-order chi connectivity index (χ0) is 24.8. The van der Waals surface area contributed by atoms with E-state index in [2.05, 4.69) is 10.6 Å². The maximum Gasteiger partial charge on any atom is 0.258 e. The van der Waals surface area contributed by atoms with E-state index in [1.54, 1.807) is 18.4 Å². The van der Waals surface area contributed by atoms with Gasteiger partial charge in [-0.25, -0.2) is 0 Å². The molecule has 0 radical (unpaired) electrons. The second-order valence-corrected chi connectivity index (χ2v) is 9.58. The Morgan fingerprint density at radius 1 is 1.03 bits per heavy atom. The van der Waals surface area contributed by atoms with Crippen LogP contribution in [0.25, 0.3) is 0 Å². The van der Waals surface area contributed by atoms with Gasteiger partial charge in [-0.05, 0) is 43.0 Å². The molecule has 0 fully saturated rings. The Kier molecular flexibility index (Phi) is 12.3. The third-order valence-corrected chi connectivity index (χ3v) is 6.07. The normalized spacial score (nSPS) is 12.7. The van der Waals surface area contributed by atoms with E-state index in [-0.39, 0.29) is 35.9 Å². The number of amides is 2. The highest BCUT2D eigenvalue weighted by Gasteiger charge is 2.27. The van der Waals surface area contributed by atoms with Crippen LogP contribution < -0.4 is 15.4 Å². The third-order valence-electron chi connectivity index (χ3n) is 5.09. The zero-order valence-corrected chi connectivity index (χ0v) is 21.1. The number of hydrogen-bond acceptors (Lipinski definition) is 6. The smallest absolute Gasteiger partial charge is 0.258 e. The molecule has 2 amide bonds. The summed E-state index contributed by atoms with van der Waals surface area (Å²) in [7, 11) is 0. The predicted molar refractivity (Wildman–Crippen MR) is 135 cm³/mol. The summed E-state index contributed by atoms with van der Waals surface area (Å²) in [4.78, 5) is 38.4. The molecule has 2 atom stereocenters. The molecular formula is C26H36N2O5S. The molecule has 0 aliphatic heterocycles. The Balaban J connectivity index is 1.93. The first-order valence-corrected chi connectivity index (χ1v) is 12.9. The lowest BCUT2D eigenvalue weighted by Crippen LogP contribution is -2.53. The lowest BCUT2D eigenvalue weighted by molar-refractivity contribution is -0.132. The number of furan rings is 1. The molecule has 0 bridgehead atoms. The highest BCUT2D eigenvalue weighted by atomic mass is 32.2. The summed E-state index contributed by atoms with van der Waals surface area (Å²) < 4.78 is 10.8. The van der Waals surface area contributed by atoms with Gasteiger partial charge < -0.3 is 19.8 Å². The van der Waals surface area contributed by atoms with Crippen LogP contribution in [0.3, 0.4) is 0 Å². The Morgan fingerprint density at radius 2 is 1.79 bits per heavy atom. The van der Waals surface area contributed by atoms with Gasteiger partial charge in [0.15, 0.2) is 12.4 Å². The molecule has 0 aliphatic carbocycles. The molecule has 186 valence electrons. The topological polar surface area (TPSA) is 97.6 Å². The SMILES string of the molecule is CCCCC(NC(=O)C(CC(C)C)NC(=O)COc1ccccc1)C(=O)CSCc1ccco1. The molecule has 0 aliphatic rings. The number of hydrogen-bond donors (Lipinski definition) is 2. The molecule has 34 heavy (non-hydrogen) atoms. The molecule has 2 rings (SSSR count). The maximum absolute atomic E-state index is 13.1. The average Bonchev–Trinajstić information content (AvgIpc) is 3.33. The molecule has 0 saturated heterocycles. The van der Waals surface area contributed by atoms with Crippen molar-refractivity contribution >= 4 is 29.4 Å². The minimum Gasteiger partial charge on any atom is -0.484 e. The Morgan fingerprint density at radius 3 is 2.44 bits per heavy atom. The molecule has 0 spiro atoms. The van der Waals surface area contributed by atoms with Crippen molar-refractivity contribution in [3.63, 3.8) is 0 Å². The molecule has 2 aromatic rings. The van der Waals surface area contributed by atoms with Gasteiger partial charge in [-0.15, -0.1) is 11.8 Å². The van der Waals surface area contributed by atoms with Crippen LogP contribution >= 0.6 is 11.8 Å². The summed E-state index contributed by atoms with van der Waals surface area (Å²) in [6, 6.07) is 11.4. The van der Waals surface area contributed by atoms with Crippen LogP contribution in [0.4, 0.5) is 0 Å². The fourth-order valence-electron chi connectivity index (χ4n) is 3.35. The van der Waals surface area contributed by atoms with Gasteiger partial charge in [-0.1, -0.05) is 51.8 Å². The fraction of sp³-hybridized carbons (Fsp3) is 0.500. The van der Waals surface area contributed by atoms with Gasteiger partial charge in [0, 0.05) is 0 Å². The Labute approximate surface area is 206 Å². The summed E-state index contributed by atoms with van der Waals surface area (Å²) in [5, 5.41) is 5.67. The van der Waals surface area contributed by atoms with Crippen molar-refractivity contribution in [1.82, 2.24) is 10.6 Å². The first-order chi connectivity index (χ1) is 16.4. The Hall–Kier alpha value is -2.74. The van der Waals surface area contributed by atoms with Gasteiger partial charge in [0.25, 0.3) is 5.91 Å². The number of carbonyl (C=O) groups excluding carboxylic acids is 3. The lowest BCUT2D eigenvalue weighted by atomic mass is 10.0. The van der Waals surface area contributed by atoms with Gasteiger partial charge >= 0.3 is 0 Å². The number of Topliss-reactive ketones (excluding diaryl/α,β-unsaturated/α-hetero) is 1. The first kappa shape index (κ1) is 27.5. The van der Waals surface area contributed by atoms with Crippen molar-refractivity contribution in [2.45, 2.75) is 64.3 Å². The predicted octanol–water partition coefficient (Wildman–Crippen LogP) is 4.37. The monoisotopic (exact) mass is 488 g/mol. The molecule has 0 saturated carbocycles. The minimum atomic E-state index is -0.737. The van der Waals surface area contributed by atoms with E-state index in [1.165, 1.54) is 11.8 Å². The largest absolute Gasteiger partial charge is 0.484 e. The molecule has 2 unspecified atom stereocenters. The fourth-order valence-corrected chi connectivity index (χ4v) is 4.22. The summed E-state index contributed by atoms with van der Waals surface area (Å²) in [5.41, 5.74) is 0. The van der Waals surface area contributed by atoms with Crippen LogP contribution in [0.1, 0.15) is 52.2 Å². The zero-order valence-electron chi connectivity index (χ0n) is 20.3. The summed E-state index contributed by atoms with van der Waals surface area (Å²) in [5.74, 6) is 1.70. The van der Waals surface area contributed by atoms with E-state index in [1.807, 2.05) is 51.1 Å². The summed E-state index contributed by atoms with van der Waals surface area (Å²) in [6.07, 6.45) is 4.39. The average molecular weight is 489 g/mol. The van der Waals surface area contributed by atoms with Gasteiger partial charge in [0.1, 0.15) is 17.6 Å². The van der Waals surface area contributed by atoms with Gasteiger partial charge in [0.2, 0.25) is 5.91 Å². The highest BCUT2D eigenvalue weighted by Crippen LogP contribution is 2.15. The van der Waals surface area contributed by atoms with Crippen LogP contribution in [0.5, 0.6) is 5.75 Å². The second-order valence-electron chi connectivity index (χ2n) is 8.59. The molecule has 1 aromatic heterocycles. The maximum atomic E-state index is 13.1. The van der Waals surface area contributed by atoms with Crippen molar-refractivity contribution in [2.24, 2.45) is 5.92 Å². The lowest BCUT2D eigenvalue weighted by Gasteiger charge is -2.24. The molecule has 8 heteroatoms. The van der Waals surface area contributed by atoms with Crippen molar-refractivity contribution < 1.29 is 23.5 Å². The van der Waals surface area contributed by atoms with Crippen molar-refractivity contribution in [1.29, 1.82) is 0 Å². The third kappa shape index (κ3) is 10.5. The van der Waals surface area contributed by atoms with Crippen LogP contribution in [0, 0.1) is 5.92 Å². The van der Waals surface area contributed by atoms with Crippen molar-refractivity contribution in [2.75, 3.05) is 12.4 Å². The molecule has 1 heterocycles. The standard InChI is InChI=1S/C26H36N2O5S/c1-4-5-13-22(24(29)18-34-17-21-12-9-14-32-21)28-26(31)23(15-19(2)3)27-25(30)16-33-20-10-7-6-8-11-20/h6-12,14,19,22-23H,4-5,13,15-18H2,1-3H3,(H,27,30)(H,28,31). The summed E-state index contributed by atoms with van der Waals surface area (Å²) in [6.45, 7) is 5.83. The van der Waals surface area contributed by atoms with Gasteiger partial charge in [0.05, 0.1) is 23.8 Å². The van der Waals surface area contributed by atoms with Crippen LogP contribution in [-0.2, 0) is 20.1 Å². The number of ether oxygens (including phenoxy) is 1. The van der Waals surface area contributed by atoms with E-state index < -0.39 is 12.1 Å². The number of unbranched alkanes of at least 4 members (excludes halogenated alkanes) is 1. The van der Waals surface area contributed by atoms with Crippen molar-refractivity contribution in [3.05, 3.63) is 54.5 Å². The van der Waals surface area contributed by atoms with E-state index in [0.717, 1.165) is 18.6 Å². The molecular weight excluding hydrogens is 452 g/mol. The highest BCUT2D eigenvalue weighted by molar-refractivity contribution is 7.99. The number of para-hydroxylation sites is 1. The van der Waals surface area contributed by atoms with E-state index in [0.29, 0.717) is 24.3 Å².